The summed E-state index contributed by atoms with van der Waals surface area (Å²) < 4.78 is 0. The van der Waals surface area contributed by atoms with Crippen molar-refractivity contribution < 1.29 is 9.90 Å². The van der Waals surface area contributed by atoms with E-state index < -0.39 is 5.60 Å². The second-order valence-corrected chi connectivity index (χ2v) is 5.28. The first-order valence-electron chi connectivity index (χ1n) is 6.02. The molecule has 0 saturated carbocycles. The lowest BCUT2D eigenvalue weighted by Crippen LogP contribution is -2.63. The van der Waals surface area contributed by atoms with Gasteiger partial charge in [0.1, 0.15) is 0 Å². The number of benzene rings is 1. The molecule has 0 unspecified atom stereocenters. The first kappa shape index (κ1) is 13.2. The summed E-state index contributed by atoms with van der Waals surface area (Å²) >= 11 is 5.98. The molecule has 98 valence electrons. The van der Waals surface area contributed by atoms with Crippen molar-refractivity contribution in [3.63, 3.8) is 0 Å². The molecule has 2 rings (SSSR count). The Bertz CT molecular complexity index is 470. The molecule has 1 aliphatic heterocycles. The normalized spacial score (nSPS) is 17.4. The summed E-state index contributed by atoms with van der Waals surface area (Å²) in [4.78, 5) is 13.8. The maximum atomic E-state index is 12.2. The van der Waals surface area contributed by atoms with Crippen LogP contribution in [0.4, 0.5) is 5.69 Å². The number of hydrogen-bond acceptors (Lipinski definition) is 3. The molecule has 1 fully saturated rings. The van der Waals surface area contributed by atoms with Gasteiger partial charge in [-0.3, -0.25) is 4.79 Å². The van der Waals surface area contributed by atoms with Crippen LogP contribution in [0.2, 0.25) is 5.02 Å². The Labute approximate surface area is 111 Å². The van der Waals surface area contributed by atoms with Gasteiger partial charge in [-0.15, -0.1) is 0 Å². The molecule has 1 aromatic carbocycles. The average Bonchev–Trinajstić information content (AvgIpc) is 2.28. The van der Waals surface area contributed by atoms with Gasteiger partial charge in [0.2, 0.25) is 0 Å². The molecular formula is C13H17ClN2O2. The molecule has 0 bridgehead atoms. The van der Waals surface area contributed by atoms with E-state index in [1.165, 1.54) is 0 Å². The summed E-state index contributed by atoms with van der Waals surface area (Å²) in [7, 11) is 0. The summed E-state index contributed by atoms with van der Waals surface area (Å²) in [5.41, 5.74) is 5.83. The summed E-state index contributed by atoms with van der Waals surface area (Å²) in [5, 5.41) is 10.4. The Balaban J connectivity index is 2.08. The van der Waals surface area contributed by atoms with E-state index in [9.17, 15) is 9.90 Å². The molecule has 0 radical (unpaired) electrons. The van der Waals surface area contributed by atoms with E-state index in [2.05, 4.69) is 0 Å². The number of amides is 1. The fourth-order valence-electron chi connectivity index (χ4n) is 2.31. The number of likely N-dealkylation sites (tertiary alicyclic amines) is 1. The second-order valence-electron chi connectivity index (χ2n) is 4.87. The molecule has 0 atom stereocenters. The van der Waals surface area contributed by atoms with E-state index in [1.807, 2.05) is 6.92 Å². The Kier molecular flexibility index (Phi) is 3.50. The first-order valence-corrected chi connectivity index (χ1v) is 6.40. The lowest BCUT2D eigenvalue weighted by Gasteiger charge is -2.46. The number of β-amino-alcohol motifs (C(OH)–C–C–N with tert-alkyl or cyclic N) is 1. The SMILES string of the molecule is CCCC1(O)CN(C(=O)c2cc(N)ccc2Cl)C1. The average molecular weight is 269 g/mol. The van der Waals surface area contributed by atoms with Crippen LogP contribution < -0.4 is 5.73 Å². The van der Waals surface area contributed by atoms with E-state index in [4.69, 9.17) is 17.3 Å². The summed E-state index contributed by atoms with van der Waals surface area (Å²) in [6, 6.07) is 4.84. The van der Waals surface area contributed by atoms with E-state index in [-0.39, 0.29) is 5.91 Å². The van der Waals surface area contributed by atoms with Crippen molar-refractivity contribution in [3.05, 3.63) is 28.8 Å². The molecule has 18 heavy (non-hydrogen) atoms. The van der Waals surface area contributed by atoms with E-state index >= 15 is 0 Å². The quantitative estimate of drug-likeness (QED) is 0.823. The third kappa shape index (κ3) is 2.44. The predicted octanol–water partition coefficient (Wildman–Crippen LogP) is 1.91. The van der Waals surface area contributed by atoms with Gasteiger partial charge < -0.3 is 15.7 Å². The lowest BCUT2D eigenvalue weighted by molar-refractivity contribution is -0.0860. The Morgan fingerprint density at radius 3 is 2.83 bits per heavy atom. The zero-order valence-electron chi connectivity index (χ0n) is 10.3. The van der Waals surface area contributed by atoms with Crippen LogP contribution in [0, 0.1) is 0 Å². The molecule has 1 saturated heterocycles. The van der Waals surface area contributed by atoms with Crippen LogP contribution in [0.3, 0.4) is 0 Å². The van der Waals surface area contributed by atoms with Gasteiger partial charge >= 0.3 is 0 Å². The summed E-state index contributed by atoms with van der Waals surface area (Å²) in [6.07, 6.45) is 1.61. The fraction of sp³-hybridized carbons (Fsp3) is 0.462. The van der Waals surface area contributed by atoms with Gasteiger partial charge in [0.15, 0.2) is 0 Å². The highest BCUT2D eigenvalue weighted by Gasteiger charge is 2.43. The van der Waals surface area contributed by atoms with E-state index in [0.29, 0.717) is 35.8 Å². The van der Waals surface area contributed by atoms with Crippen LogP contribution in [0.25, 0.3) is 0 Å². The van der Waals surface area contributed by atoms with Crippen LogP contribution >= 0.6 is 11.6 Å². The van der Waals surface area contributed by atoms with Gasteiger partial charge in [-0.05, 0) is 24.6 Å². The van der Waals surface area contributed by atoms with Crippen molar-refractivity contribution in [1.82, 2.24) is 4.90 Å². The van der Waals surface area contributed by atoms with Gasteiger partial charge in [-0.2, -0.15) is 0 Å². The minimum absolute atomic E-state index is 0.173. The molecule has 1 aromatic rings. The fourth-order valence-corrected chi connectivity index (χ4v) is 2.51. The zero-order valence-corrected chi connectivity index (χ0v) is 11.1. The molecule has 1 aliphatic rings. The van der Waals surface area contributed by atoms with Gasteiger partial charge in [-0.1, -0.05) is 24.9 Å². The number of nitrogen functional groups attached to an aromatic ring is 1. The summed E-state index contributed by atoms with van der Waals surface area (Å²) in [5.74, 6) is -0.173. The van der Waals surface area contributed by atoms with Crippen LogP contribution in [0.5, 0.6) is 0 Å². The monoisotopic (exact) mass is 268 g/mol. The number of aliphatic hydroxyl groups is 1. The van der Waals surface area contributed by atoms with Crippen molar-refractivity contribution in [3.8, 4) is 0 Å². The van der Waals surface area contributed by atoms with Gasteiger partial charge in [0.05, 0.1) is 29.3 Å². The molecule has 3 N–H and O–H groups in total. The highest BCUT2D eigenvalue weighted by atomic mass is 35.5. The highest BCUT2D eigenvalue weighted by Crippen LogP contribution is 2.29. The highest BCUT2D eigenvalue weighted by molar-refractivity contribution is 6.34. The van der Waals surface area contributed by atoms with Crippen molar-refractivity contribution in [2.75, 3.05) is 18.8 Å². The second kappa shape index (κ2) is 4.78. The van der Waals surface area contributed by atoms with Crippen molar-refractivity contribution >= 4 is 23.2 Å². The van der Waals surface area contributed by atoms with Gasteiger partial charge in [-0.25, -0.2) is 0 Å². The van der Waals surface area contributed by atoms with Crippen LogP contribution in [-0.4, -0.2) is 34.6 Å². The molecule has 4 nitrogen and oxygen atoms in total. The topological polar surface area (TPSA) is 66.6 Å². The van der Waals surface area contributed by atoms with Crippen LogP contribution in [0.15, 0.2) is 18.2 Å². The number of nitrogens with two attached hydrogens (primary N) is 1. The third-order valence-electron chi connectivity index (χ3n) is 3.19. The largest absolute Gasteiger partial charge is 0.399 e. The number of anilines is 1. The number of carbonyl (C=O) groups excluding carboxylic acids is 1. The third-order valence-corrected chi connectivity index (χ3v) is 3.52. The van der Waals surface area contributed by atoms with Gasteiger partial charge in [0, 0.05) is 5.69 Å². The molecule has 1 amide bonds. The van der Waals surface area contributed by atoms with Gasteiger partial charge in [0.25, 0.3) is 5.91 Å². The number of rotatable bonds is 3. The Morgan fingerprint density at radius 2 is 2.22 bits per heavy atom. The Hall–Kier alpha value is -1.26. The van der Waals surface area contributed by atoms with Crippen molar-refractivity contribution in [2.24, 2.45) is 0 Å². The molecule has 1 heterocycles. The standard InChI is InChI=1S/C13H17ClN2O2/c1-2-5-13(18)7-16(8-13)12(17)10-6-9(15)3-4-11(10)14/h3-4,6,18H,2,5,7-8,15H2,1H3. The number of halogens is 1. The minimum atomic E-state index is -0.725. The smallest absolute Gasteiger partial charge is 0.255 e. The molecule has 0 aliphatic carbocycles. The molecule has 5 heteroatoms. The van der Waals surface area contributed by atoms with E-state index in [1.54, 1.807) is 23.1 Å². The van der Waals surface area contributed by atoms with E-state index in [0.717, 1.165) is 6.42 Å². The first-order chi connectivity index (χ1) is 8.45. The van der Waals surface area contributed by atoms with Crippen molar-refractivity contribution in [2.45, 2.75) is 25.4 Å². The minimum Gasteiger partial charge on any atom is -0.399 e. The van der Waals surface area contributed by atoms with Crippen LogP contribution in [-0.2, 0) is 0 Å². The maximum absolute atomic E-state index is 12.2. The lowest BCUT2D eigenvalue weighted by atomic mass is 9.88. The predicted molar refractivity (Wildman–Crippen MR) is 71.6 cm³/mol. The number of nitrogens with zero attached hydrogens (tertiary/aromatic N) is 1. The summed E-state index contributed by atoms with van der Waals surface area (Å²) in [6.45, 7) is 2.74. The number of hydrogen-bond donors (Lipinski definition) is 2. The zero-order chi connectivity index (χ0) is 13.3. The number of carbonyl (C=O) groups is 1. The van der Waals surface area contributed by atoms with Crippen molar-refractivity contribution in [1.29, 1.82) is 0 Å². The molecule has 0 spiro atoms. The maximum Gasteiger partial charge on any atom is 0.255 e. The molecular weight excluding hydrogens is 252 g/mol. The molecule has 0 aromatic heterocycles. The Morgan fingerprint density at radius 1 is 1.56 bits per heavy atom. The van der Waals surface area contributed by atoms with Crippen LogP contribution in [0.1, 0.15) is 30.1 Å².